The second kappa shape index (κ2) is 9.33. The van der Waals surface area contributed by atoms with Gasteiger partial charge >= 0.3 is 0 Å². The third-order valence-electron chi connectivity index (χ3n) is 4.74. The van der Waals surface area contributed by atoms with Gasteiger partial charge in [0.25, 0.3) is 5.69 Å². The summed E-state index contributed by atoms with van der Waals surface area (Å²) in [5.41, 5.74) is 4.02. The van der Waals surface area contributed by atoms with Crippen molar-refractivity contribution in [3.8, 4) is 22.6 Å². The van der Waals surface area contributed by atoms with E-state index in [4.69, 9.17) is 28.2 Å². The van der Waals surface area contributed by atoms with Crippen LogP contribution in [0.2, 0.25) is 10.0 Å². The van der Waals surface area contributed by atoms with Crippen LogP contribution in [0.15, 0.2) is 54.9 Å². The van der Waals surface area contributed by atoms with E-state index in [0.717, 1.165) is 22.5 Å². The normalized spacial score (nSPS) is 10.8. The van der Waals surface area contributed by atoms with Crippen LogP contribution in [-0.2, 0) is 6.42 Å². The highest BCUT2D eigenvalue weighted by Gasteiger charge is 2.16. The molecule has 0 aliphatic heterocycles. The first-order valence-electron chi connectivity index (χ1n) is 9.72. The van der Waals surface area contributed by atoms with Gasteiger partial charge in [0.15, 0.2) is 0 Å². The Balaban J connectivity index is 1.59. The smallest absolute Gasteiger partial charge is 0.287 e. The van der Waals surface area contributed by atoms with E-state index < -0.39 is 4.92 Å². The maximum atomic E-state index is 10.7. The zero-order valence-corrected chi connectivity index (χ0v) is 18.5. The van der Waals surface area contributed by atoms with E-state index in [-0.39, 0.29) is 5.69 Å². The second-order valence-electron chi connectivity index (χ2n) is 7.07. The van der Waals surface area contributed by atoms with Gasteiger partial charge in [0.1, 0.15) is 17.8 Å². The molecule has 0 spiro atoms. The highest BCUT2D eigenvalue weighted by Crippen LogP contribution is 2.35. The van der Waals surface area contributed by atoms with Crippen LogP contribution in [0.25, 0.3) is 22.6 Å². The predicted molar refractivity (Wildman–Crippen MR) is 125 cm³/mol. The Morgan fingerprint density at radius 2 is 1.88 bits per heavy atom. The summed E-state index contributed by atoms with van der Waals surface area (Å²) in [6, 6.07) is 12.2. The molecule has 0 aliphatic carbocycles. The topological polar surface area (TPSA) is 110 Å². The first kappa shape index (κ1) is 21.7. The largest absolute Gasteiger partial charge is 0.370 e. The van der Waals surface area contributed by atoms with Crippen molar-refractivity contribution < 1.29 is 4.92 Å². The van der Waals surface area contributed by atoms with Crippen molar-refractivity contribution in [2.24, 2.45) is 0 Å². The van der Waals surface area contributed by atoms with Crippen LogP contribution in [0, 0.1) is 17.0 Å². The summed E-state index contributed by atoms with van der Waals surface area (Å²) in [7, 11) is 0. The van der Waals surface area contributed by atoms with Crippen LogP contribution in [0.3, 0.4) is 0 Å². The Labute approximate surface area is 193 Å². The molecule has 0 fully saturated rings. The Bertz CT molecular complexity index is 1270. The number of hydrogen-bond donors (Lipinski definition) is 2. The highest BCUT2D eigenvalue weighted by atomic mass is 35.5. The molecule has 0 saturated heterocycles. The maximum Gasteiger partial charge on any atom is 0.287 e. The molecular weight excluding hydrogens is 451 g/mol. The lowest BCUT2D eigenvalue weighted by atomic mass is 10.0. The summed E-state index contributed by atoms with van der Waals surface area (Å²) >= 11 is 12.6. The minimum Gasteiger partial charge on any atom is -0.370 e. The van der Waals surface area contributed by atoms with Gasteiger partial charge in [-0.25, -0.2) is 9.97 Å². The number of nitrogens with zero attached hydrogens (tertiary/aromatic N) is 4. The van der Waals surface area contributed by atoms with Crippen LogP contribution in [-0.4, -0.2) is 31.4 Å². The Morgan fingerprint density at radius 3 is 2.53 bits per heavy atom. The fourth-order valence-electron chi connectivity index (χ4n) is 3.18. The number of rotatable bonds is 7. The number of imidazole rings is 1. The van der Waals surface area contributed by atoms with Gasteiger partial charge in [0, 0.05) is 52.8 Å². The summed E-state index contributed by atoms with van der Waals surface area (Å²) in [6.45, 7) is 2.48. The van der Waals surface area contributed by atoms with Crippen LogP contribution in [0.1, 0.15) is 11.4 Å². The molecule has 0 amide bonds. The van der Waals surface area contributed by atoms with Gasteiger partial charge in [-0.05, 0) is 43.3 Å². The van der Waals surface area contributed by atoms with Crippen molar-refractivity contribution in [1.82, 2.24) is 19.9 Å². The van der Waals surface area contributed by atoms with Gasteiger partial charge in [-0.15, -0.1) is 0 Å². The summed E-state index contributed by atoms with van der Waals surface area (Å²) in [5, 5.41) is 14.9. The molecule has 0 bridgehead atoms. The molecule has 4 aromatic rings. The number of aromatic amines is 1. The molecule has 8 nitrogen and oxygen atoms in total. The summed E-state index contributed by atoms with van der Waals surface area (Å²) in [6.07, 6.45) is 3.59. The van der Waals surface area contributed by atoms with Crippen molar-refractivity contribution in [3.05, 3.63) is 86.4 Å². The molecule has 4 rings (SSSR count). The average Bonchev–Trinajstić information content (AvgIpc) is 3.20. The number of aromatic nitrogens is 4. The molecular formula is C22H18Cl2N6O2. The molecule has 10 heteroatoms. The first-order valence-corrected chi connectivity index (χ1v) is 10.5. The number of pyridine rings is 2. The average molecular weight is 469 g/mol. The van der Waals surface area contributed by atoms with Crippen LogP contribution in [0.5, 0.6) is 0 Å². The minimum atomic E-state index is -0.480. The number of H-pyrrole nitrogens is 1. The van der Waals surface area contributed by atoms with Crippen molar-refractivity contribution in [2.75, 3.05) is 11.9 Å². The van der Waals surface area contributed by atoms with Crippen molar-refractivity contribution in [3.63, 3.8) is 0 Å². The fraction of sp³-hybridized carbons (Fsp3) is 0.136. The molecule has 1 aromatic carbocycles. The molecule has 3 heterocycles. The van der Waals surface area contributed by atoms with E-state index in [0.29, 0.717) is 40.3 Å². The third-order valence-corrected chi connectivity index (χ3v) is 5.29. The maximum absolute atomic E-state index is 10.7. The number of hydrogen-bond acceptors (Lipinski definition) is 6. The molecule has 0 aliphatic rings. The SMILES string of the molecule is Cc1cnc(-c2ccc(CCNc3ccc([N+](=O)[O-])cn3)nc2-c2ccc(Cl)cc2Cl)[nH]1. The minimum absolute atomic E-state index is 0.0505. The number of nitrogens with one attached hydrogen (secondary N) is 2. The van der Waals surface area contributed by atoms with E-state index in [1.807, 2.05) is 25.1 Å². The Hall–Kier alpha value is -3.49. The van der Waals surface area contributed by atoms with Crippen molar-refractivity contribution >= 4 is 34.7 Å². The van der Waals surface area contributed by atoms with Crippen LogP contribution in [0.4, 0.5) is 11.5 Å². The molecule has 162 valence electrons. The van der Waals surface area contributed by atoms with Gasteiger partial charge in [0.05, 0.1) is 15.6 Å². The Kier molecular flexibility index (Phi) is 6.34. The van der Waals surface area contributed by atoms with E-state index >= 15 is 0 Å². The van der Waals surface area contributed by atoms with Crippen LogP contribution < -0.4 is 5.32 Å². The predicted octanol–water partition coefficient (Wildman–Crippen LogP) is 5.71. The van der Waals surface area contributed by atoms with Crippen LogP contribution >= 0.6 is 23.2 Å². The zero-order chi connectivity index (χ0) is 22.7. The highest BCUT2D eigenvalue weighted by molar-refractivity contribution is 6.36. The molecule has 0 radical (unpaired) electrons. The van der Waals surface area contributed by atoms with Gasteiger partial charge in [0.2, 0.25) is 0 Å². The van der Waals surface area contributed by atoms with Gasteiger partial charge in [-0.1, -0.05) is 23.2 Å². The molecule has 2 N–H and O–H groups in total. The second-order valence-corrected chi connectivity index (χ2v) is 7.92. The molecule has 32 heavy (non-hydrogen) atoms. The number of nitro groups is 1. The van der Waals surface area contributed by atoms with E-state index in [1.54, 1.807) is 24.4 Å². The standard InChI is InChI=1S/C22H18Cl2N6O2/c1-13-11-27-22(28-13)18-6-3-15(29-21(18)17-5-2-14(23)10-19(17)24)8-9-25-20-7-4-16(12-26-20)30(31)32/h2-7,10-12H,8-9H2,1H3,(H,25,26)(H,27,28). The lowest BCUT2D eigenvalue weighted by Gasteiger charge is -2.12. The monoisotopic (exact) mass is 468 g/mol. The van der Waals surface area contributed by atoms with Crippen molar-refractivity contribution in [1.29, 1.82) is 0 Å². The van der Waals surface area contributed by atoms with E-state index in [1.165, 1.54) is 12.3 Å². The third kappa shape index (κ3) is 4.87. The lowest BCUT2D eigenvalue weighted by Crippen LogP contribution is -2.08. The molecule has 0 saturated carbocycles. The van der Waals surface area contributed by atoms with E-state index in [9.17, 15) is 10.1 Å². The summed E-state index contributed by atoms with van der Waals surface area (Å²) < 4.78 is 0. The van der Waals surface area contributed by atoms with Crippen molar-refractivity contribution in [2.45, 2.75) is 13.3 Å². The quantitative estimate of drug-likeness (QED) is 0.265. The van der Waals surface area contributed by atoms with E-state index in [2.05, 4.69) is 20.3 Å². The summed E-state index contributed by atoms with van der Waals surface area (Å²) in [5.74, 6) is 1.26. The molecule has 0 atom stereocenters. The fourth-order valence-corrected chi connectivity index (χ4v) is 3.68. The lowest BCUT2D eigenvalue weighted by molar-refractivity contribution is -0.385. The van der Waals surface area contributed by atoms with Gasteiger partial charge in [-0.2, -0.15) is 0 Å². The van der Waals surface area contributed by atoms with Gasteiger partial charge in [-0.3, -0.25) is 15.1 Å². The first-order chi connectivity index (χ1) is 15.4. The Morgan fingerprint density at radius 1 is 1.06 bits per heavy atom. The summed E-state index contributed by atoms with van der Waals surface area (Å²) in [4.78, 5) is 26.9. The number of benzene rings is 1. The zero-order valence-electron chi connectivity index (χ0n) is 17.0. The number of halogens is 2. The molecule has 0 unspecified atom stereocenters. The number of anilines is 1. The molecule has 3 aromatic heterocycles. The number of aryl methyl sites for hydroxylation is 1. The van der Waals surface area contributed by atoms with Gasteiger partial charge < -0.3 is 10.3 Å².